The zero-order valence-electron chi connectivity index (χ0n) is 18.3. The van der Waals surface area contributed by atoms with E-state index < -0.39 is 0 Å². The number of morpholine rings is 1. The van der Waals surface area contributed by atoms with E-state index in [-0.39, 0.29) is 5.91 Å². The number of hydrogen-bond acceptors (Lipinski definition) is 5. The number of amides is 1. The Bertz CT molecular complexity index is 918. The van der Waals surface area contributed by atoms with Crippen LogP contribution in [0.25, 0.3) is 0 Å². The van der Waals surface area contributed by atoms with E-state index in [1.165, 1.54) is 11.3 Å². The molecule has 1 aliphatic carbocycles. The number of benzene rings is 1. The molecule has 1 aliphatic heterocycles. The monoisotopic (exact) mass is 424 g/mol. The van der Waals surface area contributed by atoms with E-state index in [1.807, 2.05) is 33.9 Å². The highest BCUT2D eigenvalue weighted by Crippen LogP contribution is 2.26. The first kappa shape index (κ1) is 21.6. The van der Waals surface area contributed by atoms with Crippen LogP contribution in [-0.2, 0) is 30.5 Å². The second-order valence-electron chi connectivity index (χ2n) is 8.10. The Balaban J connectivity index is 1.45. The molecule has 1 atom stereocenters. The Morgan fingerprint density at radius 2 is 2.16 bits per heavy atom. The van der Waals surface area contributed by atoms with Gasteiger partial charge in [0.25, 0.3) is 5.91 Å². The molecular formula is C24H32N4O3. The molecule has 1 aromatic heterocycles. The van der Waals surface area contributed by atoms with Gasteiger partial charge in [0.1, 0.15) is 5.75 Å². The highest BCUT2D eigenvalue weighted by atomic mass is 16.5. The van der Waals surface area contributed by atoms with Crippen molar-refractivity contribution in [2.45, 2.75) is 38.3 Å². The minimum absolute atomic E-state index is 0.0250. The Hall–Kier alpha value is -2.64. The maximum atomic E-state index is 13.2. The fraction of sp³-hybridized carbons (Fsp3) is 0.500. The van der Waals surface area contributed by atoms with Gasteiger partial charge in [0.15, 0.2) is 5.69 Å². The van der Waals surface area contributed by atoms with Crippen molar-refractivity contribution in [3.8, 4) is 5.75 Å². The standard InChI is InChI=1S/C24H32N4O3/c1-3-12-28-21-9-8-19(25-11-10-18-6-4-5-7-22(18)30-2)17-20(21)23(26-28)24(29)27-13-15-31-16-14-27/h3-7,19,25H,1,8-17H2,2H3. The summed E-state index contributed by atoms with van der Waals surface area (Å²) in [7, 11) is 1.71. The topological polar surface area (TPSA) is 68.6 Å². The summed E-state index contributed by atoms with van der Waals surface area (Å²) >= 11 is 0. The average Bonchev–Trinajstić information content (AvgIpc) is 3.17. The highest BCUT2D eigenvalue weighted by Gasteiger charge is 2.31. The lowest BCUT2D eigenvalue weighted by Crippen LogP contribution is -2.42. The van der Waals surface area contributed by atoms with Gasteiger partial charge >= 0.3 is 0 Å². The van der Waals surface area contributed by atoms with E-state index >= 15 is 0 Å². The fourth-order valence-corrected chi connectivity index (χ4v) is 4.54. The van der Waals surface area contributed by atoms with Crippen molar-refractivity contribution in [1.29, 1.82) is 0 Å². The summed E-state index contributed by atoms with van der Waals surface area (Å²) in [5, 5.41) is 8.40. The number of nitrogens with zero attached hydrogens (tertiary/aromatic N) is 3. The molecule has 1 fully saturated rings. The molecule has 1 saturated heterocycles. The first-order valence-corrected chi connectivity index (χ1v) is 11.1. The molecule has 166 valence electrons. The van der Waals surface area contributed by atoms with Crippen molar-refractivity contribution >= 4 is 5.91 Å². The van der Waals surface area contributed by atoms with Gasteiger partial charge in [-0.25, -0.2) is 0 Å². The van der Waals surface area contributed by atoms with Gasteiger partial charge in [-0.1, -0.05) is 24.3 Å². The molecule has 1 aromatic carbocycles. The smallest absolute Gasteiger partial charge is 0.274 e. The number of allylic oxidation sites excluding steroid dienone is 1. The van der Waals surface area contributed by atoms with Crippen LogP contribution in [0.5, 0.6) is 5.75 Å². The molecule has 2 aliphatic rings. The second kappa shape index (κ2) is 10.1. The van der Waals surface area contributed by atoms with Crippen LogP contribution >= 0.6 is 0 Å². The Kier molecular flexibility index (Phi) is 7.04. The van der Waals surface area contributed by atoms with Gasteiger partial charge < -0.3 is 19.7 Å². The highest BCUT2D eigenvalue weighted by molar-refractivity contribution is 5.94. The van der Waals surface area contributed by atoms with Crippen LogP contribution in [0.3, 0.4) is 0 Å². The zero-order valence-corrected chi connectivity index (χ0v) is 18.3. The summed E-state index contributed by atoms with van der Waals surface area (Å²) in [6, 6.07) is 8.48. The molecule has 0 spiro atoms. The first-order chi connectivity index (χ1) is 15.2. The Morgan fingerprint density at radius 1 is 1.35 bits per heavy atom. The largest absolute Gasteiger partial charge is 0.496 e. The fourth-order valence-electron chi connectivity index (χ4n) is 4.54. The number of nitrogens with one attached hydrogen (secondary N) is 1. The van der Waals surface area contributed by atoms with Gasteiger partial charge in [-0.2, -0.15) is 5.10 Å². The van der Waals surface area contributed by atoms with Crippen molar-refractivity contribution in [2.24, 2.45) is 0 Å². The summed E-state index contributed by atoms with van der Waals surface area (Å²) in [4.78, 5) is 15.1. The van der Waals surface area contributed by atoms with Crippen LogP contribution in [0.1, 0.15) is 33.7 Å². The molecule has 4 rings (SSSR count). The second-order valence-corrected chi connectivity index (χ2v) is 8.10. The predicted octanol–water partition coefficient (Wildman–Crippen LogP) is 2.24. The van der Waals surface area contributed by atoms with Gasteiger partial charge in [-0.3, -0.25) is 9.48 Å². The molecular weight excluding hydrogens is 392 g/mol. The van der Waals surface area contributed by atoms with Gasteiger partial charge in [0.2, 0.25) is 0 Å². The van der Waals surface area contributed by atoms with Crippen LogP contribution in [0.4, 0.5) is 0 Å². The van der Waals surface area contributed by atoms with E-state index in [2.05, 4.69) is 18.0 Å². The maximum Gasteiger partial charge on any atom is 0.274 e. The maximum absolute atomic E-state index is 13.2. The Labute approximate surface area is 184 Å². The first-order valence-electron chi connectivity index (χ1n) is 11.1. The van der Waals surface area contributed by atoms with Crippen LogP contribution in [0, 0.1) is 0 Å². The normalized spacial score (nSPS) is 18.5. The van der Waals surface area contributed by atoms with Crippen molar-refractivity contribution in [1.82, 2.24) is 20.0 Å². The molecule has 1 N–H and O–H groups in total. The molecule has 1 unspecified atom stereocenters. The Morgan fingerprint density at radius 3 is 2.94 bits per heavy atom. The number of rotatable bonds is 8. The predicted molar refractivity (Wildman–Crippen MR) is 120 cm³/mol. The van der Waals surface area contributed by atoms with Gasteiger partial charge in [0.05, 0.1) is 26.9 Å². The van der Waals surface area contributed by atoms with E-state index in [1.54, 1.807) is 7.11 Å². The quantitative estimate of drug-likeness (QED) is 0.659. The minimum atomic E-state index is 0.0250. The van der Waals surface area contributed by atoms with Crippen LogP contribution in [0.15, 0.2) is 36.9 Å². The third-order valence-corrected chi connectivity index (χ3v) is 6.17. The van der Waals surface area contributed by atoms with Crippen LogP contribution < -0.4 is 10.1 Å². The van der Waals surface area contributed by atoms with E-state index in [9.17, 15) is 4.79 Å². The zero-order chi connectivity index (χ0) is 21.6. The number of aromatic nitrogens is 2. The molecule has 0 radical (unpaired) electrons. The summed E-state index contributed by atoms with van der Waals surface area (Å²) < 4.78 is 12.8. The number of carbonyl (C=O) groups excluding carboxylic acids is 1. The summed E-state index contributed by atoms with van der Waals surface area (Å²) in [5.41, 5.74) is 4.09. The molecule has 2 aromatic rings. The summed E-state index contributed by atoms with van der Waals surface area (Å²) in [5.74, 6) is 0.955. The molecule has 31 heavy (non-hydrogen) atoms. The number of hydrogen-bond donors (Lipinski definition) is 1. The van der Waals surface area contributed by atoms with Crippen molar-refractivity contribution in [2.75, 3.05) is 40.0 Å². The third-order valence-electron chi connectivity index (χ3n) is 6.17. The van der Waals surface area contributed by atoms with E-state index in [0.717, 1.165) is 43.5 Å². The summed E-state index contributed by atoms with van der Waals surface area (Å²) in [6.45, 7) is 7.79. The average molecular weight is 425 g/mol. The van der Waals surface area contributed by atoms with Gasteiger partial charge in [0, 0.05) is 30.4 Å². The SMILES string of the molecule is C=CCn1nc(C(=O)N2CCOCC2)c2c1CCC(NCCc1ccccc1OC)C2. The van der Waals surface area contributed by atoms with Gasteiger partial charge in [-0.05, 0) is 43.9 Å². The molecule has 2 heterocycles. The van der Waals surface area contributed by atoms with E-state index in [4.69, 9.17) is 14.6 Å². The number of para-hydroxylation sites is 1. The molecule has 1 amide bonds. The van der Waals surface area contributed by atoms with Crippen LogP contribution in [-0.4, -0.2) is 66.6 Å². The van der Waals surface area contributed by atoms with E-state index in [0.29, 0.717) is 44.6 Å². The van der Waals surface area contributed by atoms with Gasteiger partial charge in [-0.15, -0.1) is 6.58 Å². The molecule has 7 heteroatoms. The lowest BCUT2D eigenvalue weighted by molar-refractivity contribution is 0.0297. The lowest BCUT2D eigenvalue weighted by atomic mass is 9.91. The lowest BCUT2D eigenvalue weighted by Gasteiger charge is -2.28. The number of methoxy groups -OCH3 is 1. The van der Waals surface area contributed by atoms with Crippen molar-refractivity contribution in [3.63, 3.8) is 0 Å². The van der Waals surface area contributed by atoms with Crippen LogP contribution in [0.2, 0.25) is 0 Å². The number of fused-ring (bicyclic) bond motifs is 1. The molecule has 0 saturated carbocycles. The molecule has 7 nitrogen and oxygen atoms in total. The van der Waals surface area contributed by atoms with Crippen molar-refractivity contribution < 1.29 is 14.3 Å². The summed E-state index contributed by atoms with van der Waals surface area (Å²) in [6.07, 6.45) is 5.52. The minimum Gasteiger partial charge on any atom is -0.496 e. The number of ether oxygens (including phenoxy) is 2. The van der Waals surface area contributed by atoms with Crippen molar-refractivity contribution in [3.05, 3.63) is 59.4 Å². The number of carbonyl (C=O) groups is 1. The third kappa shape index (κ3) is 4.83. The molecule has 0 bridgehead atoms.